The molecule has 0 radical (unpaired) electrons. The van der Waals surface area contributed by atoms with Crippen LogP contribution in [-0.2, 0) is 13.4 Å². The van der Waals surface area contributed by atoms with Gasteiger partial charge in [0.05, 0.1) is 11.9 Å². The van der Waals surface area contributed by atoms with Crippen molar-refractivity contribution in [2.24, 2.45) is 7.05 Å². The minimum Gasteiger partial charge on any atom is -0.454 e. The molecule has 0 atom stereocenters. The highest BCUT2D eigenvalue weighted by molar-refractivity contribution is 6.17. The van der Waals surface area contributed by atoms with Crippen LogP contribution in [0.5, 0.6) is 0 Å². The number of rotatable bonds is 4. The maximum atomic E-state index is 14.0. The molecule has 2 aromatic heterocycles. The first kappa shape index (κ1) is 17.1. The summed E-state index contributed by atoms with van der Waals surface area (Å²) in [5, 5.41) is 3.04. The van der Waals surface area contributed by atoms with E-state index in [0.717, 1.165) is 16.2 Å². The molecule has 0 saturated carbocycles. The maximum Gasteiger partial charge on any atom is 0.393 e. The lowest BCUT2D eigenvalue weighted by atomic mass is 9.87. The molecule has 0 aliphatic carbocycles. The van der Waals surface area contributed by atoms with Gasteiger partial charge in [-0.25, -0.2) is 4.57 Å². The second kappa shape index (κ2) is 10.0. The van der Waals surface area contributed by atoms with Crippen LogP contribution in [0.1, 0.15) is 69.6 Å². The van der Waals surface area contributed by atoms with Gasteiger partial charge in [0.25, 0.3) is 0 Å². The van der Waals surface area contributed by atoms with E-state index in [9.17, 15) is 13.2 Å². The van der Waals surface area contributed by atoms with Crippen LogP contribution < -0.4 is 4.57 Å². The van der Waals surface area contributed by atoms with E-state index in [1.807, 2.05) is 42.5 Å². The van der Waals surface area contributed by atoms with Crippen molar-refractivity contribution in [3.05, 3.63) is 100 Å². The van der Waals surface area contributed by atoms with Crippen LogP contribution >= 0.6 is 0 Å². The van der Waals surface area contributed by atoms with E-state index < -0.39 is 72.4 Å². The molecule has 0 aliphatic rings. The van der Waals surface area contributed by atoms with Crippen LogP contribution in [0, 0.1) is 27.5 Å². The molecule has 2 nitrogen and oxygen atoms in total. The Labute approximate surface area is 261 Å². The van der Waals surface area contributed by atoms with Crippen molar-refractivity contribution in [1.29, 1.82) is 0 Å². The summed E-state index contributed by atoms with van der Waals surface area (Å²) in [7, 11) is 1.53. The van der Waals surface area contributed by atoms with Gasteiger partial charge in [0.1, 0.15) is 18.2 Å². The number of halogens is 3. The number of furan rings is 1. The normalized spacial score (nSPS) is 18.1. The van der Waals surface area contributed by atoms with E-state index in [2.05, 4.69) is 0 Å². The average molecular weight is 579 g/mol. The predicted molar refractivity (Wildman–Crippen MR) is 166 cm³/mol. The highest BCUT2D eigenvalue weighted by Crippen LogP contribution is 2.43. The summed E-state index contributed by atoms with van der Waals surface area (Å²) in [6.07, 6.45) is -8.53. The van der Waals surface area contributed by atoms with E-state index >= 15 is 0 Å². The van der Waals surface area contributed by atoms with Crippen molar-refractivity contribution in [1.82, 2.24) is 0 Å². The van der Waals surface area contributed by atoms with Gasteiger partial charge in [0.2, 0.25) is 5.69 Å². The zero-order valence-corrected chi connectivity index (χ0v) is 23.3. The Morgan fingerprint density at radius 1 is 0.881 bits per heavy atom. The Balaban J connectivity index is 1.83. The van der Waals surface area contributed by atoms with Gasteiger partial charge in [0.15, 0.2) is 6.20 Å². The van der Waals surface area contributed by atoms with Crippen LogP contribution in [0.2, 0.25) is 0 Å². The van der Waals surface area contributed by atoms with Gasteiger partial charge in [0, 0.05) is 44.2 Å². The number of aryl methyl sites for hydroxylation is 4. The third-order valence-corrected chi connectivity index (χ3v) is 7.68. The van der Waals surface area contributed by atoms with Crippen LogP contribution in [-0.4, -0.2) is 6.18 Å². The summed E-state index contributed by atoms with van der Waals surface area (Å²) in [6, 6.07) is 15.4. The van der Waals surface area contributed by atoms with Crippen LogP contribution in [0.25, 0.3) is 55.1 Å². The first-order valence-electron chi connectivity index (χ1n) is 19.2. The Bertz CT molecular complexity index is 2450. The van der Waals surface area contributed by atoms with E-state index in [4.69, 9.17) is 20.9 Å². The van der Waals surface area contributed by atoms with Crippen molar-refractivity contribution < 1.29 is 38.6 Å². The van der Waals surface area contributed by atoms with Crippen molar-refractivity contribution >= 4 is 32.7 Å². The molecule has 42 heavy (non-hydrogen) atoms. The second-order valence-electron chi connectivity index (χ2n) is 10.7. The number of alkyl halides is 3. The summed E-state index contributed by atoms with van der Waals surface area (Å²) in [5.41, 5.74) is -2.17. The molecule has 0 bridgehead atoms. The number of hydrogen-bond acceptors (Lipinski definition) is 1. The van der Waals surface area contributed by atoms with Crippen molar-refractivity contribution in [3.8, 4) is 22.4 Å². The monoisotopic (exact) mass is 578 g/mol. The number of benzene rings is 4. The SMILES string of the molecule is [2H]C([2H])([2H])c1c[n+](C)c(-c2c(C)c(C([2H])(C)C)cc3c2oc2c4ccccc4ccc32)cc1-c1c(C([2H])([2H])[2H])cc(C([2H])([2H])C(F)(F)F)cc1C([2H])([2H])[2H]. The first-order chi connectivity index (χ1) is 24.5. The lowest BCUT2D eigenvalue weighted by molar-refractivity contribution is -0.660. The van der Waals surface area contributed by atoms with Crippen LogP contribution in [0.15, 0.2) is 71.3 Å². The molecule has 0 saturated heterocycles. The number of fused-ring (bicyclic) bond motifs is 5. The molecule has 0 spiro atoms. The zero-order valence-electron chi connectivity index (χ0n) is 35.3. The van der Waals surface area contributed by atoms with Crippen LogP contribution in [0.3, 0.4) is 0 Å². The topological polar surface area (TPSA) is 17.0 Å². The highest BCUT2D eigenvalue weighted by atomic mass is 19.4. The average Bonchev–Trinajstić information content (AvgIpc) is 3.40. The smallest absolute Gasteiger partial charge is 0.393 e. The molecule has 6 rings (SSSR count). The molecule has 0 N–H and O–H groups in total. The largest absolute Gasteiger partial charge is 0.454 e. The molecular formula is C37H35F3NO+. The number of nitrogens with zero attached hydrogens (tertiary/aromatic N) is 1. The summed E-state index contributed by atoms with van der Waals surface area (Å²) < 4.78 is 150. The van der Waals surface area contributed by atoms with Gasteiger partial charge in [-0.1, -0.05) is 56.3 Å². The predicted octanol–water partition coefficient (Wildman–Crippen LogP) is 10.4. The van der Waals surface area contributed by atoms with E-state index in [0.29, 0.717) is 45.4 Å². The van der Waals surface area contributed by atoms with E-state index in [1.165, 1.54) is 23.9 Å². The third kappa shape index (κ3) is 4.65. The fourth-order valence-corrected chi connectivity index (χ4v) is 5.83. The molecule has 4 aromatic carbocycles. The Morgan fingerprint density at radius 3 is 2.26 bits per heavy atom. The standard InChI is InChI=1S/C37H35F3NO/c1-20(2)29-16-31-28-13-12-26-10-8-9-11-27(26)35(28)42-36(31)34(24(29)6)32-17-30(23(5)19-41(32)7)33-21(3)14-25(15-22(33)4)18-37(38,39)40/h8-17,19-20H,18H2,1-7H3/q+1/i3D3,4D3,5D3,18D2,20D. The minimum atomic E-state index is -5.55. The maximum absolute atomic E-state index is 14.0. The number of pyridine rings is 1. The van der Waals surface area contributed by atoms with Gasteiger partial charge in [-0.3, -0.25) is 0 Å². The molecule has 0 amide bonds. The van der Waals surface area contributed by atoms with E-state index in [-0.39, 0.29) is 5.69 Å². The Morgan fingerprint density at radius 2 is 1.60 bits per heavy atom. The molecule has 214 valence electrons. The van der Waals surface area contributed by atoms with Gasteiger partial charge >= 0.3 is 6.18 Å². The highest BCUT2D eigenvalue weighted by Gasteiger charge is 2.29. The Kier molecular flexibility index (Phi) is 4.08. The zero-order chi connectivity index (χ0) is 40.3. The summed E-state index contributed by atoms with van der Waals surface area (Å²) in [5.74, 6) is -1.18. The van der Waals surface area contributed by atoms with Gasteiger partial charge in [-0.05, 0) is 89.8 Å². The Hall–Kier alpha value is -4.12. The lowest BCUT2D eigenvalue weighted by Crippen LogP contribution is -2.31. The third-order valence-electron chi connectivity index (χ3n) is 7.68. The van der Waals surface area contributed by atoms with Gasteiger partial charge in [-0.15, -0.1) is 0 Å². The second-order valence-corrected chi connectivity index (χ2v) is 10.7. The minimum absolute atomic E-state index is 0.220. The molecule has 0 fully saturated rings. The van der Waals surface area contributed by atoms with Gasteiger partial charge < -0.3 is 4.42 Å². The molecule has 6 aromatic rings. The first-order valence-corrected chi connectivity index (χ1v) is 13.2. The van der Waals surface area contributed by atoms with Crippen molar-refractivity contribution in [3.63, 3.8) is 0 Å². The molecule has 0 aliphatic heterocycles. The molecular weight excluding hydrogens is 531 g/mol. The summed E-state index contributed by atoms with van der Waals surface area (Å²) in [4.78, 5) is 0. The number of aromatic nitrogens is 1. The van der Waals surface area contributed by atoms with E-state index in [1.54, 1.807) is 20.8 Å². The lowest BCUT2D eigenvalue weighted by Gasteiger charge is -2.18. The quantitative estimate of drug-likeness (QED) is 0.190. The number of hydrogen-bond donors (Lipinski definition) is 0. The van der Waals surface area contributed by atoms with Crippen molar-refractivity contribution in [2.45, 2.75) is 59.8 Å². The molecule has 5 heteroatoms. The summed E-state index contributed by atoms with van der Waals surface area (Å²) >= 11 is 0. The fraction of sp³-hybridized carbons (Fsp3) is 0.270. The molecule has 2 heterocycles. The molecule has 0 unspecified atom stereocenters. The van der Waals surface area contributed by atoms with Crippen LogP contribution in [0.4, 0.5) is 13.2 Å². The van der Waals surface area contributed by atoms with Gasteiger partial charge in [-0.2, -0.15) is 13.2 Å². The summed E-state index contributed by atoms with van der Waals surface area (Å²) in [6.45, 7) is -4.55. The fourth-order valence-electron chi connectivity index (χ4n) is 5.83. The van der Waals surface area contributed by atoms with Crippen molar-refractivity contribution in [2.75, 3.05) is 0 Å².